The van der Waals surface area contributed by atoms with Gasteiger partial charge in [0.2, 0.25) is 0 Å². The molecular formula is C13H16N4O2. The highest BCUT2D eigenvalue weighted by Gasteiger charge is 2.13. The van der Waals surface area contributed by atoms with Crippen molar-refractivity contribution in [1.29, 1.82) is 0 Å². The molecule has 0 spiro atoms. The van der Waals surface area contributed by atoms with E-state index in [0.717, 1.165) is 17.8 Å². The van der Waals surface area contributed by atoms with Crippen LogP contribution in [0, 0.1) is 17.0 Å². The van der Waals surface area contributed by atoms with E-state index in [0.29, 0.717) is 12.2 Å². The number of aromatic nitrogens is 2. The number of hydrogen-bond donors (Lipinski definition) is 1. The Hall–Kier alpha value is -2.37. The van der Waals surface area contributed by atoms with E-state index in [-0.39, 0.29) is 10.6 Å². The molecule has 0 aliphatic carbocycles. The van der Waals surface area contributed by atoms with Crippen molar-refractivity contribution < 1.29 is 4.92 Å². The van der Waals surface area contributed by atoms with E-state index in [1.807, 2.05) is 36.9 Å². The Morgan fingerprint density at radius 2 is 2.21 bits per heavy atom. The topological polar surface area (TPSA) is 73.0 Å². The number of nitro benzene ring substituents is 1. The van der Waals surface area contributed by atoms with Crippen molar-refractivity contribution in [2.75, 3.05) is 5.32 Å². The van der Waals surface area contributed by atoms with Gasteiger partial charge in [-0.05, 0) is 31.5 Å². The molecule has 0 fully saturated rings. The van der Waals surface area contributed by atoms with E-state index in [4.69, 9.17) is 0 Å². The number of rotatable bonds is 5. The van der Waals surface area contributed by atoms with Gasteiger partial charge in [-0.25, -0.2) is 0 Å². The normalized spacial score (nSPS) is 10.4. The molecule has 0 aliphatic rings. The van der Waals surface area contributed by atoms with Crippen LogP contribution in [0.5, 0.6) is 0 Å². The minimum absolute atomic E-state index is 0.0925. The van der Waals surface area contributed by atoms with Gasteiger partial charge in [-0.1, -0.05) is 6.07 Å². The van der Waals surface area contributed by atoms with Crippen LogP contribution in [0.15, 0.2) is 30.5 Å². The molecule has 6 nitrogen and oxygen atoms in total. The van der Waals surface area contributed by atoms with Crippen LogP contribution in [0.1, 0.15) is 18.2 Å². The first-order valence-electron chi connectivity index (χ1n) is 6.11. The number of nitro groups is 1. The van der Waals surface area contributed by atoms with Crippen molar-refractivity contribution in [3.05, 3.63) is 51.8 Å². The van der Waals surface area contributed by atoms with Crippen LogP contribution < -0.4 is 5.32 Å². The fourth-order valence-electron chi connectivity index (χ4n) is 1.80. The van der Waals surface area contributed by atoms with Crippen LogP contribution in [0.2, 0.25) is 0 Å². The summed E-state index contributed by atoms with van der Waals surface area (Å²) in [5.74, 6) is 0. The molecule has 1 aromatic carbocycles. The third-order valence-electron chi connectivity index (χ3n) is 2.83. The Labute approximate surface area is 111 Å². The van der Waals surface area contributed by atoms with Gasteiger partial charge >= 0.3 is 0 Å². The van der Waals surface area contributed by atoms with Crippen molar-refractivity contribution in [2.24, 2.45) is 0 Å². The molecule has 2 aromatic rings. The van der Waals surface area contributed by atoms with Crippen molar-refractivity contribution in [1.82, 2.24) is 9.78 Å². The minimum Gasteiger partial charge on any atom is -0.374 e. The average Bonchev–Trinajstić information content (AvgIpc) is 2.85. The Kier molecular flexibility index (Phi) is 3.79. The monoisotopic (exact) mass is 260 g/mol. The third kappa shape index (κ3) is 3.09. The van der Waals surface area contributed by atoms with E-state index < -0.39 is 0 Å². The largest absolute Gasteiger partial charge is 0.374 e. The molecule has 0 saturated heterocycles. The van der Waals surface area contributed by atoms with Crippen LogP contribution in [0.4, 0.5) is 11.4 Å². The molecule has 0 amide bonds. The molecule has 0 atom stereocenters. The van der Waals surface area contributed by atoms with Gasteiger partial charge in [0.15, 0.2) is 0 Å². The van der Waals surface area contributed by atoms with Gasteiger partial charge in [0, 0.05) is 18.8 Å². The SMILES string of the molecule is CCn1ccc(CNc2ccc(C)cc2[N+](=O)[O-])n1. The van der Waals surface area contributed by atoms with Gasteiger partial charge in [-0.3, -0.25) is 14.8 Å². The second-order valence-electron chi connectivity index (χ2n) is 4.29. The first-order chi connectivity index (χ1) is 9.10. The molecule has 1 N–H and O–H groups in total. The Bertz CT molecular complexity index is 592. The zero-order valence-electron chi connectivity index (χ0n) is 11.0. The minimum atomic E-state index is -0.375. The van der Waals surface area contributed by atoms with Gasteiger partial charge in [0.25, 0.3) is 5.69 Å². The lowest BCUT2D eigenvalue weighted by molar-refractivity contribution is -0.384. The van der Waals surface area contributed by atoms with Crippen molar-refractivity contribution in [3.63, 3.8) is 0 Å². The summed E-state index contributed by atoms with van der Waals surface area (Å²) < 4.78 is 1.82. The van der Waals surface area contributed by atoms with Gasteiger partial charge in [-0.15, -0.1) is 0 Å². The van der Waals surface area contributed by atoms with Gasteiger partial charge in [-0.2, -0.15) is 5.10 Å². The number of nitrogens with zero attached hydrogens (tertiary/aromatic N) is 3. The highest BCUT2D eigenvalue weighted by atomic mass is 16.6. The molecule has 1 aromatic heterocycles. The summed E-state index contributed by atoms with van der Waals surface area (Å²) in [6, 6.07) is 7.04. The highest BCUT2D eigenvalue weighted by molar-refractivity contribution is 5.62. The fraction of sp³-hybridized carbons (Fsp3) is 0.308. The van der Waals surface area contributed by atoms with Gasteiger partial charge in [0.05, 0.1) is 17.2 Å². The zero-order valence-corrected chi connectivity index (χ0v) is 11.0. The molecule has 2 rings (SSSR count). The van der Waals surface area contributed by atoms with Gasteiger partial charge in [0.1, 0.15) is 5.69 Å². The van der Waals surface area contributed by atoms with Crippen molar-refractivity contribution in [3.8, 4) is 0 Å². The van der Waals surface area contributed by atoms with Crippen LogP contribution in [0.3, 0.4) is 0 Å². The summed E-state index contributed by atoms with van der Waals surface area (Å²) in [6.07, 6.45) is 1.89. The lowest BCUT2D eigenvalue weighted by atomic mass is 10.2. The van der Waals surface area contributed by atoms with Crippen molar-refractivity contribution in [2.45, 2.75) is 26.9 Å². The Morgan fingerprint density at radius 1 is 1.42 bits per heavy atom. The van der Waals surface area contributed by atoms with Crippen LogP contribution in [-0.4, -0.2) is 14.7 Å². The molecular weight excluding hydrogens is 244 g/mol. The number of anilines is 1. The Morgan fingerprint density at radius 3 is 2.84 bits per heavy atom. The lowest BCUT2D eigenvalue weighted by Gasteiger charge is -2.06. The molecule has 0 bridgehead atoms. The van der Waals surface area contributed by atoms with Crippen LogP contribution in [0.25, 0.3) is 0 Å². The quantitative estimate of drug-likeness (QED) is 0.662. The number of hydrogen-bond acceptors (Lipinski definition) is 4. The van der Waals surface area contributed by atoms with E-state index >= 15 is 0 Å². The molecule has 6 heteroatoms. The number of aryl methyl sites for hydroxylation is 2. The second kappa shape index (κ2) is 5.51. The third-order valence-corrected chi connectivity index (χ3v) is 2.83. The summed E-state index contributed by atoms with van der Waals surface area (Å²) >= 11 is 0. The van der Waals surface area contributed by atoms with E-state index in [9.17, 15) is 10.1 Å². The highest BCUT2D eigenvalue weighted by Crippen LogP contribution is 2.25. The number of benzene rings is 1. The molecule has 100 valence electrons. The van der Waals surface area contributed by atoms with Crippen LogP contribution in [-0.2, 0) is 13.1 Å². The standard InChI is InChI=1S/C13H16N4O2/c1-3-16-7-6-11(15-16)9-14-12-5-4-10(2)8-13(12)17(18)19/h4-8,14H,3,9H2,1-2H3. The molecule has 0 aliphatic heterocycles. The molecule has 19 heavy (non-hydrogen) atoms. The summed E-state index contributed by atoms with van der Waals surface area (Å²) in [4.78, 5) is 10.6. The average molecular weight is 260 g/mol. The van der Waals surface area contributed by atoms with Crippen LogP contribution >= 0.6 is 0 Å². The first-order valence-corrected chi connectivity index (χ1v) is 6.11. The van der Waals surface area contributed by atoms with E-state index in [1.54, 1.807) is 12.1 Å². The smallest absolute Gasteiger partial charge is 0.292 e. The predicted molar refractivity (Wildman–Crippen MR) is 73.1 cm³/mol. The molecule has 1 heterocycles. The molecule has 0 radical (unpaired) electrons. The lowest BCUT2D eigenvalue weighted by Crippen LogP contribution is -2.04. The molecule has 0 saturated carbocycles. The zero-order chi connectivity index (χ0) is 13.8. The van der Waals surface area contributed by atoms with E-state index in [1.165, 1.54) is 0 Å². The maximum Gasteiger partial charge on any atom is 0.292 e. The summed E-state index contributed by atoms with van der Waals surface area (Å²) in [5.41, 5.74) is 2.33. The summed E-state index contributed by atoms with van der Waals surface area (Å²) in [6.45, 7) is 5.12. The Balaban J connectivity index is 2.12. The van der Waals surface area contributed by atoms with E-state index in [2.05, 4.69) is 10.4 Å². The fourth-order valence-corrected chi connectivity index (χ4v) is 1.80. The molecule has 0 unspecified atom stereocenters. The maximum absolute atomic E-state index is 11.0. The summed E-state index contributed by atoms with van der Waals surface area (Å²) in [7, 11) is 0. The maximum atomic E-state index is 11.0. The number of nitrogens with one attached hydrogen (secondary N) is 1. The predicted octanol–water partition coefficient (Wildman–Crippen LogP) is 2.73. The first kappa shape index (κ1) is 13.1. The summed E-state index contributed by atoms with van der Waals surface area (Å²) in [5, 5.41) is 18.4. The van der Waals surface area contributed by atoms with Gasteiger partial charge < -0.3 is 5.32 Å². The van der Waals surface area contributed by atoms with Crippen molar-refractivity contribution >= 4 is 11.4 Å². The second-order valence-corrected chi connectivity index (χ2v) is 4.29.